The quantitative estimate of drug-likeness (QED) is 0.574. The maximum Gasteiger partial charge on any atom is 0.257 e. The minimum atomic E-state index is -0.294. The summed E-state index contributed by atoms with van der Waals surface area (Å²) in [6.45, 7) is 1.07. The number of rotatable bonds is 7. The molecule has 0 aliphatic carbocycles. The summed E-state index contributed by atoms with van der Waals surface area (Å²) in [7, 11) is 6.86. The number of hydrogen-bond acceptors (Lipinski definition) is 7. The lowest BCUT2D eigenvalue weighted by atomic mass is 10.1. The van der Waals surface area contributed by atoms with Gasteiger partial charge in [0.25, 0.3) is 5.91 Å². The van der Waals surface area contributed by atoms with Gasteiger partial charge in [-0.25, -0.2) is 4.98 Å². The smallest absolute Gasteiger partial charge is 0.257 e. The first-order chi connectivity index (χ1) is 15.9. The molecule has 33 heavy (non-hydrogen) atoms. The Hall–Kier alpha value is -3.43. The number of benzene rings is 2. The van der Waals surface area contributed by atoms with E-state index in [0.29, 0.717) is 35.3 Å². The topological polar surface area (TPSA) is 84.0 Å². The van der Waals surface area contributed by atoms with E-state index in [2.05, 4.69) is 16.4 Å². The monoisotopic (exact) mass is 466 g/mol. The van der Waals surface area contributed by atoms with Crippen molar-refractivity contribution in [2.24, 2.45) is 0 Å². The molecule has 3 aromatic rings. The lowest BCUT2D eigenvalue weighted by Gasteiger charge is -2.19. The number of nitrogens with zero attached hydrogens (tertiary/aromatic N) is 3. The number of aromatic nitrogens is 1. The van der Waals surface area contributed by atoms with Gasteiger partial charge in [0, 0.05) is 34.8 Å². The van der Waals surface area contributed by atoms with Crippen molar-refractivity contribution < 1.29 is 19.1 Å². The fourth-order valence-electron chi connectivity index (χ4n) is 3.75. The molecule has 0 saturated heterocycles. The van der Waals surface area contributed by atoms with Gasteiger partial charge in [0.2, 0.25) is 5.91 Å². The zero-order valence-electron chi connectivity index (χ0n) is 19.0. The van der Waals surface area contributed by atoms with Gasteiger partial charge in [-0.3, -0.25) is 14.9 Å². The van der Waals surface area contributed by atoms with Gasteiger partial charge in [0.05, 0.1) is 26.5 Å². The summed E-state index contributed by atoms with van der Waals surface area (Å²) in [5.74, 6) is 0.877. The van der Waals surface area contributed by atoms with Gasteiger partial charge in [0.1, 0.15) is 11.5 Å². The van der Waals surface area contributed by atoms with E-state index in [0.717, 1.165) is 28.9 Å². The molecular formula is C24H26N4O4S. The van der Waals surface area contributed by atoms with Crippen LogP contribution in [0, 0.1) is 0 Å². The van der Waals surface area contributed by atoms with Crippen molar-refractivity contribution >= 4 is 34.0 Å². The van der Waals surface area contributed by atoms with E-state index in [9.17, 15) is 9.59 Å². The van der Waals surface area contributed by atoms with E-state index in [-0.39, 0.29) is 11.8 Å². The lowest BCUT2D eigenvalue weighted by molar-refractivity contribution is -0.119. The summed E-state index contributed by atoms with van der Waals surface area (Å²) in [5.41, 5.74) is 4.24. The summed E-state index contributed by atoms with van der Waals surface area (Å²) in [4.78, 5) is 33.5. The molecule has 1 aromatic heterocycles. The van der Waals surface area contributed by atoms with E-state index < -0.39 is 0 Å². The SMILES string of the molecule is COc1cc(OC)cc(C(=O)Nc2nc(-c3ccc4c(c3)CCN4C(=O)CN(C)C)cs2)c1. The van der Waals surface area contributed by atoms with E-state index >= 15 is 0 Å². The van der Waals surface area contributed by atoms with Gasteiger partial charge in [-0.1, -0.05) is 6.07 Å². The summed E-state index contributed by atoms with van der Waals surface area (Å²) in [6.07, 6.45) is 0.813. The van der Waals surface area contributed by atoms with Crippen LogP contribution in [-0.2, 0) is 11.2 Å². The number of carbonyl (C=O) groups is 2. The maximum atomic E-state index is 12.7. The molecule has 1 aliphatic rings. The van der Waals surface area contributed by atoms with Crippen LogP contribution in [0.2, 0.25) is 0 Å². The first kappa shape index (κ1) is 22.8. The Morgan fingerprint density at radius 1 is 1.12 bits per heavy atom. The number of thiazole rings is 1. The molecule has 2 amide bonds. The standard InChI is InChI=1S/C24H26N4O4S/c1-27(2)13-22(29)28-8-7-16-9-15(5-6-21(16)28)20-14-33-24(25-20)26-23(30)17-10-18(31-3)12-19(11-17)32-4/h5-6,9-12,14H,7-8,13H2,1-4H3,(H,25,26,30). The summed E-state index contributed by atoms with van der Waals surface area (Å²) in [6, 6.07) is 11.0. The molecule has 0 fully saturated rings. The van der Waals surface area contributed by atoms with Crippen molar-refractivity contribution in [1.29, 1.82) is 0 Å². The van der Waals surface area contributed by atoms with Crippen LogP contribution in [0.3, 0.4) is 0 Å². The van der Waals surface area contributed by atoms with E-state index in [1.165, 1.54) is 25.6 Å². The van der Waals surface area contributed by atoms with Crippen LogP contribution < -0.4 is 19.7 Å². The maximum absolute atomic E-state index is 12.7. The number of fused-ring (bicyclic) bond motifs is 1. The molecule has 0 saturated carbocycles. The van der Waals surface area contributed by atoms with Gasteiger partial charge >= 0.3 is 0 Å². The largest absolute Gasteiger partial charge is 0.497 e. The molecule has 0 spiro atoms. The second kappa shape index (κ2) is 9.60. The van der Waals surface area contributed by atoms with E-state index in [1.807, 2.05) is 41.4 Å². The summed E-state index contributed by atoms with van der Waals surface area (Å²) >= 11 is 1.36. The molecule has 172 valence electrons. The number of anilines is 2. The van der Waals surface area contributed by atoms with E-state index in [4.69, 9.17) is 9.47 Å². The second-order valence-corrected chi connectivity index (χ2v) is 8.83. The zero-order valence-corrected chi connectivity index (χ0v) is 19.9. The molecule has 2 aromatic carbocycles. The fraction of sp³-hybridized carbons (Fsp3) is 0.292. The van der Waals surface area contributed by atoms with Crippen molar-refractivity contribution in [3.63, 3.8) is 0 Å². The number of methoxy groups -OCH3 is 2. The van der Waals surface area contributed by atoms with Gasteiger partial charge < -0.3 is 19.3 Å². The van der Waals surface area contributed by atoms with Crippen molar-refractivity contribution in [3.05, 3.63) is 52.9 Å². The molecule has 0 unspecified atom stereocenters. The Balaban J connectivity index is 1.49. The molecule has 0 bridgehead atoms. The Bertz CT molecular complexity index is 1170. The number of hydrogen-bond donors (Lipinski definition) is 1. The molecule has 0 radical (unpaired) electrons. The Morgan fingerprint density at radius 2 is 1.85 bits per heavy atom. The third-order valence-corrected chi connectivity index (χ3v) is 6.12. The normalized spacial score (nSPS) is 12.6. The highest BCUT2D eigenvalue weighted by Crippen LogP contribution is 2.34. The molecule has 4 rings (SSSR count). The number of ether oxygens (including phenoxy) is 2. The van der Waals surface area contributed by atoms with Crippen LogP contribution in [0.4, 0.5) is 10.8 Å². The zero-order chi connectivity index (χ0) is 23.5. The average molecular weight is 467 g/mol. The predicted molar refractivity (Wildman–Crippen MR) is 130 cm³/mol. The number of likely N-dealkylation sites (N-methyl/N-ethyl adjacent to an activating group) is 1. The van der Waals surface area contributed by atoms with Crippen LogP contribution in [0.1, 0.15) is 15.9 Å². The first-order valence-corrected chi connectivity index (χ1v) is 11.3. The summed E-state index contributed by atoms with van der Waals surface area (Å²) < 4.78 is 10.5. The number of nitrogens with one attached hydrogen (secondary N) is 1. The van der Waals surface area contributed by atoms with Crippen LogP contribution in [0.25, 0.3) is 11.3 Å². The van der Waals surface area contributed by atoms with Crippen LogP contribution in [-0.4, -0.2) is 63.1 Å². The van der Waals surface area contributed by atoms with Gasteiger partial charge in [-0.2, -0.15) is 0 Å². The first-order valence-electron chi connectivity index (χ1n) is 10.5. The van der Waals surface area contributed by atoms with Gasteiger partial charge in [0.15, 0.2) is 5.13 Å². The fourth-order valence-corrected chi connectivity index (χ4v) is 4.46. The van der Waals surface area contributed by atoms with Crippen LogP contribution >= 0.6 is 11.3 Å². The molecule has 9 heteroatoms. The molecule has 1 N–H and O–H groups in total. The second-order valence-electron chi connectivity index (χ2n) is 7.97. The van der Waals surface area contributed by atoms with Gasteiger partial charge in [-0.15, -0.1) is 11.3 Å². The Labute approximate surface area is 196 Å². The average Bonchev–Trinajstić information content (AvgIpc) is 3.44. The van der Waals surface area contributed by atoms with Crippen molar-refractivity contribution in [1.82, 2.24) is 9.88 Å². The highest BCUT2D eigenvalue weighted by atomic mass is 32.1. The predicted octanol–water partition coefficient (Wildman–Crippen LogP) is 3.53. The minimum absolute atomic E-state index is 0.0966. The van der Waals surface area contributed by atoms with E-state index in [1.54, 1.807) is 18.2 Å². The number of amides is 2. The Morgan fingerprint density at radius 3 is 2.52 bits per heavy atom. The minimum Gasteiger partial charge on any atom is -0.497 e. The van der Waals surface area contributed by atoms with Crippen molar-refractivity contribution in [3.8, 4) is 22.8 Å². The van der Waals surface area contributed by atoms with Crippen LogP contribution in [0.15, 0.2) is 41.8 Å². The third kappa shape index (κ3) is 4.99. The highest BCUT2D eigenvalue weighted by Gasteiger charge is 2.25. The molecule has 0 atom stereocenters. The molecule has 2 heterocycles. The van der Waals surface area contributed by atoms with Crippen LogP contribution in [0.5, 0.6) is 11.5 Å². The number of carbonyl (C=O) groups excluding carboxylic acids is 2. The Kier molecular flexibility index (Phi) is 6.62. The lowest BCUT2D eigenvalue weighted by Crippen LogP contribution is -2.36. The third-order valence-electron chi connectivity index (χ3n) is 5.36. The van der Waals surface area contributed by atoms with Crippen molar-refractivity contribution in [2.45, 2.75) is 6.42 Å². The highest BCUT2D eigenvalue weighted by molar-refractivity contribution is 7.14. The molecule has 8 nitrogen and oxygen atoms in total. The molecule has 1 aliphatic heterocycles. The molecular weight excluding hydrogens is 440 g/mol. The van der Waals surface area contributed by atoms with Gasteiger partial charge in [-0.05, 0) is 50.3 Å². The van der Waals surface area contributed by atoms with Crippen molar-refractivity contribution in [2.75, 3.05) is 51.6 Å². The summed E-state index contributed by atoms with van der Waals surface area (Å²) in [5, 5.41) is 5.25.